The molecule has 0 heterocycles. The predicted molar refractivity (Wildman–Crippen MR) is 79.4 cm³/mol. The van der Waals surface area contributed by atoms with Crippen molar-refractivity contribution in [1.29, 1.82) is 0 Å². The van der Waals surface area contributed by atoms with Gasteiger partial charge in [-0.2, -0.15) is 0 Å². The monoisotopic (exact) mass is 280 g/mol. The number of rotatable bonds is 3. The lowest BCUT2D eigenvalue weighted by Crippen LogP contribution is -2.37. The van der Waals surface area contributed by atoms with E-state index in [9.17, 15) is 4.79 Å². The third-order valence-corrected chi connectivity index (χ3v) is 4.23. The molecule has 1 aliphatic rings. The molecule has 0 spiro atoms. The molecule has 104 valence electrons. The van der Waals surface area contributed by atoms with Gasteiger partial charge in [0.1, 0.15) is 0 Å². The first-order chi connectivity index (χ1) is 9.00. The molecule has 1 aliphatic carbocycles. The Labute approximate surface area is 119 Å². The number of benzene rings is 1. The fraction of sp³-hybridized carbons (Fsp3) is 0.533. The van der Waals surface area contributed by atoms with Gasteiger partial charge < -0.3 is 11.1 Å². The zero-order valence-corrected chi connectivity index (χ0v) is 12.1. The summed E-state index contributed by atoms with van der Waals surface area (Å²) in [5.41, 5.74) is 6.98. The van der Waals surface area contributed by atoms with E-state index in [1.54, 1.807) is 18.2 Å². The van der Waals surface area contributed by atoms with Gasteiger partial charge in [-0.1, -0.05) is 37.8 Å². The van der Waals surface area contributed by atoms with Crippen LogP contribution in [0.5, 0.6) is 0 Å². The summed E-state index contributed by atoms with van der Waals surface area (Å²) in [5, 5.41) is 3.56. The lowest BCUT2D eigenvalue weighted by atomic mass is 9.76. The van der Waals surface area contributed by atoms with Gasteiger partial charge in [0.25, 0.3) is 5.91 Å². The minimum absolute atomic E-state index is 0.110. The van der Waals surface area contributed by atoms with Crippen molar-refractivity contribution in [2.45, 2.75) is 39.0 Å². The molecule has 2 rings (SSSR count). The van der Waals surface area contributed by atoms with Gasteiger partial charge >= 0.3 is 0 Å². The fourth-order valence-corrected chi connectivity index (χ4v) is 2.89. The highest BCUT2D eigenvalue weighted by atomic mass is 35.5. The Bertz CT molecular complexity index is 467. The molecule has 0 aromatic heterocycles. The Kier molecular flexibility index (Phi) is 4.35. The molecular weight excluding hydrogens is 260 g/mol. The molecule has 0 bridgehead atoms. The molecule has 19 heavy (non-hydrogen) atoms. The molecule has 1 aromatic carbocycles. The molecule has 1 amide bonds. The maximum Gasteiger partial charge on any atom is 0.253 e. The van der Waals surface area contributed by atoms with Crippen molar-refractivity contribution in [2.75, 3.05) is 12.3 Å². The van der Waals surface area contributed by atoms with Crippen LogP contribution in [-0.4, -0.2) is 12.5 Å². The quantitative estimate of drug-likeness (QED) is 0.831. The van der Waals surface area contributed by atoms with E-state index in [4.69, 9.17) is 17.3 Å². The van der Waals surface area contributed by atoms with Gasteiger partial charge in [-0.05, 0) is 36.5 Å². The van der Waals surface area contributed by atoms with Crippen molar-refractivity contribution in [3.05, 3.63) is 28.8 Å². The highest BCUT2D eigenvalue weighted by molar-refractivity contribution is 6.31. The smallest absolute Gasteiger partial charge is 0.253 e. The number of hydrogen-bond donors (Lipinski definition) is 2. The van der Waals surface area contributed by atoms with Crippen LogP contribution in [-0.2, 0) is 0 Å². The number of carbonyl (C=O) groups excluding carboxylic acids is 1. The lowest BCUT2D eigenvalue weighted by molar-refractivity contribution is 0.0920. The van der Waals surface area contributed by atoms with Crippen molar-refractivity contribution in [1.82, 2.24) is 5.32 Å². The van der Waals surface area contributed by atoms with Crippen molar-refractivity contribution >= 4 is 23.2 Å². The van der Waals surface area contributed by atoms with Crippen molar-refractivity contribution < 1.29 is 4.79 Å². The topological polar surface area (TPSA) is 55.1 Å². The summed E-state index contributed by atoms with van der Waals surface area (Å²) >= 11 is 5.83. The summed E-state index contributed by atoms with van der Waals surface area (Å²) in [5.74, 6) is -0.110. The summed E-state index contributed by atoms with van der Waals surface area (Å²) in [6.45, 7) is 2.96. The van der Waals surface area contributed by atoms with Crippen LogP contribution in [0.25, 0.3) is 0 Å². The first-order valence-electron chi connectivity index (χ1n) is 6.83. The average molecular weight is 281 g/mol. The van der Waals surface area contributed by atoms with E-state index < -0.39 is 0 Å². The van der Waals surface area contributed by atoms with E-state index in [1.165, 1.54) is 32.1 Å². The number of carbonyl (C=O) groups is 1. The lowest BCUT2D eigenvalue weighted by Gasteiger charge is -2.33. The average Bonchev–Trinajstić information content (AvgIpc) is 2.37. The van der Waals surface area contributed by atoms with E-state index in [0.717, 1.165) is 0 Å². The van der Waals surface area contributed by atoms with Gasteiger partial charge in [0.2, 0.25) is 0 Å². The number of halogens is 1. The Morgan fingerprint density at radius 2 is 2.05 bits per heavy atom. The second-order valence-corrected chi connectivity index (χ2v) is 6.22. The van der Waals surface area contributed by atoms with Crippen molar-refractivity contribution in [3.8, 4) is 0 Å². The van der Waals surface area contributed by atoms with E-state index >= 15 is 0 Å². The summed E-state index contributed by atoms with van der Waals surface area (Å²) in [4.78, 5) is 12.1. The number of nitrogens with two attached hydrogens (primary N) is 1. The maximum atomic E-state index is 12.1. The SMILES string of the molecule is CC1(CNC(=O)c2ccc(Cl)cc2N)CCCCC1. The first-order valence-corrected chi connectivity index (χ1v) is 7.21. The Morgan fingerprint density at radius 1 is 1.37 bits per heavy atom. The number of anilines is 1. The zero-order valence-electron chi connectivity index (χ0n) is 11.3. The van der Waals surface area contributed by atoms with Crippen LogP contribution < -0.4 is 11.1 Å². The van der Waals surface area contributed by atoms with E-state index in [2.05, 4.69) is 12.2 Å². The molecule has 1 saturated carbocycles. The third kappa shape index (κ3) is 3.63. The molecule has 4 heteroatoms. The Hall–Kier alpha value is -1.22. The van der Waals surface area contributed by atoms with Crippen LogP contribution in [0.3, 0.4) is 0 Å². The normalized spacial score (nSPS) is 18.0. The minimum atomic E-state index is -0.110. The van der Waals surface area contributed by atoms with E-state index in [0.29, 0.717) is 22.8 Å². The largest absolute Gasteiger partial charge is 0.398 e. The number of nitrogens with one attached hydrogen (secondary N) is 1. The van der Waals surface area contributed by atoms with Crippen LogP contribution in [0.2, 0.25) is 5.02 Å². The zero-order chi connectivity index (χ0) is 13.9. The highest BCUT2D eigenvalue weighted by Crippen LogP contribution is 2.35. The number of hydrogen-bond acceptors (Lipinski definition) is 2. The molecule has 1 fully saturated rings. The van der Waals surface area contributed by atoms with Gasteiger partial charge in [-0.15, -0.1) is 0 Å². The molecule has 1 aromatic rings. The number of amides is 1. The predicted octanol–water partition coefficient (Wildman–Crippen LogP) is 3.62. The van der Waals surface area contributed by atoms with Gasteiger partial charge in [0.05, 0.1) is 5.56 Å². The van der Waals surface area contributed by atoms with Crippen LogP contribution >= 0.6 is 11.6 Å². The molecule has 3 nitrogen and oxygen atoms in total. The summed E-state index contributed by atoms with van der Waals surface area (Å²) < 4.78 is 0. The highest BCUT2D eigenvalue weighted by Gasteiger charge is 2.27. The molecule has 0 aliphatic heterocycles. The van der Waals surface area contributed by atoms with E-state index in [1.807, 2.05) is 0 Å². The molecule has 0 radical (unpaired) electrons. The van der Waals surface area contributed by atoms with E-state index in [-0.39, 0.29) is 11.3 Å². The third-order valence-electron chi connectivity index (χ3n) is 3.99. The van der Waals surface area contributed by atoms with Gasteiger partial charge in [0.15, 0.2) is 0 Å². The molecule has 0 atom stereocenters. The van der Waals surface area contributed by atoms with Gasteiger partial charge in [-0.3, -0.25) is 4.79 Å². The van der Waals surface area contributed by atoms with Crippen LogP contribution in [0.15, 0.2) is 18.2 Å². The Balaban J connectivity index is 1.97. The standard InChI is InChI=1S/C15H21ClN2O/c1-15(7-3-2-4-8-15)10-18-14(19)12-6-5-11(16)9-13(12)17/h5-6,9H,2-4,7-8,10,17H2,1H3,(H,18,19). The Morgan fingerprint density at radius 3 is 2.68 bits per heavy atom. The summed E-state index contributed by atoms with van der Waals surface area (Å²) in [6.07, 6.45) is 6.20. The summed E-state index contributed by atoms with van der Waals surface area (Å²) in [7, 11) is 0. The minimum Gasteiger partial charge on any atom is -0.398 e. The second kappa shape index (κ2) is 5.83. The van der Waals surface area contributed by atoms with Crippen molar-refractivity contribution in [2.24, 2.45) is 5.41 Å². The molecule has 0 unspecified atom stereocenters. The molecular formula is C15H21ClN2O. The summed E-state index contributed by atoms with van der Waals surface area (Å²) in [6, 6.07) is 4.98. The van der Waals surface area contributed by atoms with Crippen LogP contribution in [0.4, 0.5) is 5.69 Å². The fourth-order valence-electron chi connectivity index (χ4n) is 2.71. The molecule has 3 N–H and O–H groups in total. The van der Waals surface area contributed by atoms with Crippen molar-refractivity contribution in [3.63, 3.8) is 0 Å². The van der Waals surface area contributed by atoms with Gasteiger partial charge in [-0.25, -0.2) is 0 Å². The molecule has 0 saturated heterocycles. The van der Waals surface area contributed by atoms with Gasteiger partial charge in [0, 0.05) is 17.3 Å². The first kappa shape index (κ1) is 14.2. The number of nitrogen functional groups attached to an aromatic ring is 1. The van der Waals surface area contributed by atoms with Crippen LogP contribution in [0, 0.1) is 5.41 Å². The van der Waals surface area contributed by atoms with Crippen LogP contribution in [0.1, 0.15) is 49.4 Å². The second-order valence-electron chi connectivity index (χ2n) is 5.79. The maximum absolute atomic E-state index is 12.1.